The van der Waals surface area contributed by atoms with Gasteiger partial charge in [-0.15, -0.1) is 0 Å². The second-order valence-electron chi connectivity index (χ2n) is 8.39. The number of para-hydroxylation sites is 1. The minimum Gasteiger partial charge on any atom is -0.421 e. The van der Waals surface area contributed by atoms with Crippen LogP contribution in [0.25, 0.3) is 22.0 Å². The van der Waals surface area contributed by atoms with E-state index < -0.39 is 17.7 Å². The molecule has 6 nitrogen and oxygen atoms in total. The zero-order chi connectivity index (χ0) is 28.4. The number of fused-ring (bicyclic) bond motifs is 1. The Balaban J connectivity index is 1.47. The van der Waals surface area contributed by atoms with E-state index in [2.05, 4.69) is 47.4 Å². The molecule has 4 aromatic carbocycles. The molecule has 11 heteroatoms. The SMILES string of the molecule is O=C(Oc1c(Br)cc(Br)cc1C=NNC(=O)c1[nH]c2c(F)cccc2c1-c1ccccc1Cl)c1ccccc1Cl. The van der Waals surface area contributed by atoms with Gasteiger partial charge in [0.1, 0.15) is 11.5 Å². The van der Waals surface area contributed by atoms with Crippen LogP contribution < -0.4 is 10.2 Å². The highest BCUT2D eigenvalue weighted by atomic mass is 79.9. The van der Waals surface area contributed by atoms with Crippen LogP contribution in [0.3, 0.4) is 0 Å². The van der Waals surface area contributed by atoms with E-state index in [1.54, 1.807) is 72.8 Å². The van der Waals surface area contributed by atoms with Crippen molar-refractivity contribution in [3.05, 3.63) is 120 Å². The molecule has 0 aliphatic rings. The number of hydrogen-bond acceptors (Lipinski definition) is 4. The van der Waals surface area contributed by atoms with E-state index in [1.807, 2.05) is 0 Å². The maximum Gasteiger partial charge on any atom is 0.345 e. The fourth-order valence-corrected chi connectivity index (χ4v) is 5.85. The zero-order valence-corrected chi connectivity index (χ0v) is 24.8. The molecule has 1 aromatic heterocycles. The van der Waals surface area contributed by atoms with Gasteiger partial charge in [-0.3, -0.25) is 4.79 Å². The van der Waals surface area contributed by atoms with Crippen molar-refractivity contribution in [3.8, 4) is 16.9 Å². The molecule has 0 saturated carbocycles. The van der Waals surface area contributed by atoms with E-state index in [4.69, 9.17) is 27.9 Å². The molecule has 0 bridgehead atoms. The maximum atomic E-state index is 14.6. The third-order valence-corrected chi connectivity index (χ3v) is 7.55. The van der Waals surface area contributed by atoms with Gasteiger partial charge in [0.05, 0.1) is 26.8 Å². The molecule has 0 aliphatic heterocycles. The first kappa shape index (κ1) is 28.0. The van der Waals surface area contributed by atoms with Crippen molar-refractivity contribution in [1.29, 1.82) is 0 Å². The van der Waals surface area contributed by atoms with Crippen LogP contribution >= 0.6 is 55.1 Å². The molecular formula is C29H16Br2Cl2FN3O3. The summed E-state index contributed by atoms with van der Waals surface area (Å²) >= 11 is 19.4. The molecule has 5 rings (SSSR count). The Labute approximate surface area is 254 Å². The van der Waals surface area contributed by atoms with Crippen LogP contribution in [0.5, 0.6) is 5.75 Å². The van der Waals surface area contributed by atoms with Crippen LogP contribution in [0.2, 0.25) is 10.0 Å². The largest absolute Gasteiger partial charge is 0.421 e. The number of rotatable bonds is 6. The third-order valence-electron chi connectivity index (χ3n) is 5.85. The summed E-state index contributed by atoms with van der Waals surface area (Å²) in [4.78, 5) is 29.0. The Morgan fingerprint density at radius 3 is 2.42 bits per heavy atom. The smallest absolute Gasteiger partial charge is 0.345 e. The molecule has 0 unspecified atom stereocenters. The average molecular weight is 704 g/mol. The van der Waals surface area contributed by atoms with Crippen molar-refractivity contribution in [2.75, 3.05) is 0 Å². The highest BCUT2D eigenvalue weighted by molar-refractivity contribution is 9.11. The number of nitrogens with one attached hydrogen (secondary N) is 2. The zero-order valence-electron chi connectivity index (χ0n) is 20.1. The average Bonchev–Trinajstić information content (AvgIpc) is 3.32. The molecule has 1 heterocycles. The van der Waals surface area contributed by atoms with Gasteiger partial charge in [-0.1, -0.05) is 81.6 Å². The summed E-state index contributed by atoms with van der Waals surface area (Å²) in [5.74, 6) is -1.66. The second kappa shape index (κ2) is 11.9. The Bertz CT molecular complexity index is 1820. The van der Waals surface area contributed by atoms with E-state index in [9.17, 15) is 14.0 Å². The maximum absolute atomic E-state index is 14.6. The first-order valence-electron chi connectivity index (χ1n) is 11.6. The number of halogens is 5. The van der Waals surface area contributed by atoms with Crippen LogP contribution in [-0.2, 0) is 0 Å². The van der Waals surface area contributed by atoms with Gasteiger partial charge in [0.2, 0.25) is 0 Å². The van der Waals surface area contributed by atoms with Crippen LogP contribution in [-0.4, -0.2) is 23.1 Å². The molecule has 0 spiro atoms. The molecule has 5 aromatic rings. The van der Waals surface area contributed by atoms with Crippen molar-refractivity contribution >= 4 is 84.1 Å². The quantitative estimate of drug-likeness (QED) is 0.0803. The van der Waals surface area contributed by atoms with Gasteiger partial charge in [-0.05, 0) is 52.3 Å². The minimum atomic E-state index is -0.670. The van der Waals surface area contributed by atoms with Crippen molar-refractivity contribution in [2.45, 2.75) is 0 Å². The van der Waals surface area contributed by atoms with E-state index in [0.29, 0.717) is 36.0 Å². The summed E-state index contributed by atoms with van der Waals surface area (Å²) in [5, 5.41) is 5.21. The normalized spacial score (nSPS) is 11.2. The molecular weight excluding hydrogens is 688 g/mol. The predicted molar refractivity (Wildman–Crippen MR) is 162 cm³/mol. The van der Waals surface area contributed by atoms with Gasteiger partial charge in [-0.25, -0.2) is 14.6 Å². The molecule has 0 saturated heterocycles. The van der Waals surface area contributed by atoms with Crippen LogP contribution in [0.15, 0.2) is 92.9 Å². The number of aromatic nitrogens is 1. The molecule has 1 amide bonds. The van der Waals surface area contributed by atoms with Crippen molar-refractivity contribution < 1.29 is 18.7 Å². The summed E-state index contributed by atoms with van der Waals surface area (Å²) in [6, 6.07) is 21.4. The van der Waals surface area contributed by atoms with Gasteiger partial charge < -0.3 is 9.72 Å². The van der Waals surface area contributed by atoms with Gasteiger partial charge in [-0.2, -0.15) is 5.10 Å². The lowest BCUT2D eigenvalue weighted by Crippen LogP contribution is -2.19. The molecule has 2 N–H and O–H groups in total. The van der Waals surface area contributed by atoms with Gasteiger partial charge in [0.25, 0.3) is 5.91 Å². The highest BCUT2D eigenvalue weighted by Gasteiger charge is 2.22. The lowest BCUT2D eigenvalue weighted by atomic mass is 10.0. The molecule has 0 fully saturated rings. The number of benzene rings is 4. The van der Waals surface area contributed by atoms with E-state index >= 15 is 0 Å². The first-order valence-corrected chi connectivity index (χ1v) is 13.9. The number of hydrazone groups is 1. The number of carbonyl (C=O) groups excluding carboxylic acids is 2. The van der Waals surface area contributed by atoms with Crippen molar-refractivity contribution in [1.82, 2.24) is 10.4 Å². The van der Waals surface area contributed by atoms with Gasteiger partial charge in [0, 0.05) is 31.6 Å². The number of ether oxygens (including phenoxy) is 1. The topological polar surface area (TPSA) is 83.5 Å². The van der Waals surface area contributed by atoms with E-state index in [-0.39, 0.29) is 27.5 Å². The Kier molecular flexibility index (Phi) is 8.37. The third kappa shape index (κ3) is 5.69. The second-order valence-corrected chi connectivity index (χ2v) is 11.0. The number of amides is 1. The fourth-order valence-electron chi connectivity index (χ4n) is 4.07. The van der Waals surface area contributed by atoms with E-state index in [1.165, 1.54) is 12.3 Å². The van der Waals surface area contributed by atoms with Crippen molar-refractivity contribution in [3.63, 3.8) is 0 Å². The molecule has 40 heavy (non-hydrogen) atoms. The Morgan fingerprint density at radius 1 is 0.950 bits per heavy atom. The number of H-pyrrole nitrogens is 1. The first-order chi connectivity index (χ1) is 19.2. The monoisotopic (exact) mass is 701 g/mol. The van der Waals surface area contributed by atoms with Crippen LogP contribution in [0.1, 0.15) is 26.4 Å². The van der Waals surface area contributed by atoms with Gasteiger partial charge >= 0.3 is 5.97 Å². The highest BCUT2D eigenvalue weighted by Crippen LogP contribution is 2.37. The van der Waals surface area contributed by atoms with E-state index in [0.717, 1.165) is 0 Å². The van der Waals surface area contributed by atoms with Gasteiger partial charge in [0.15, 0.2) is 5.75 Å². The summed E-state index contributed by atoms with van der Waals surface area (Å²) in [6.07, 6.45) is 1.32. The fraction of sp³-hybridized carbons (Fsp3) is 0. The lowest BCUT2D eigenvalue weighted by Gasteiger charge is -2.11. The summed E-state index contributed by atoms with van der Waals surface area (Å²) < 4.78 is 21.4. The van der Waals surface area contributed by atoms with Crippen LogP contribution in [0.4, 0.5) is 4.39 Å². The number of hydrogen-bond donors (Lipinski definition) is 2. The number of aromatic amines is 1. The molecule has 0 atom stereocenters. The minimum absolute atomic E-state index is 0.0751. The lowest BCUT2D eigenvalue weighted by molar-refractivity contribution is 0.0733. The number of esters is 1. The number of nitrogens with zero attached hydrogens (tertiary/aromatic N) is 1. The Hall–Kier alpha value is -3.50. The van der Waals surface area contributed by atoms with Crippen LogP contribution in [0, 0.1) is 5.82 Å². The molecule has 0 radical (unpaired) electrons. The Morgan fingerprint density at radius 2 is 1.68 bits per heavy atom. The molecule has 0 aliphatic carbocycles. The van der Waals surface area contributed by atoms with Crippen molar-refractivity contribution in [2.24, 2.45) is 5.10 Å². The standard InChI is InChI=1S/C29H16Br2Cl2FN3O3/c30-16-12-15(27(20(31)13-16)40-29(39)18-7-2-4-10-22(18)33)14-35-37-28(38)26-24(17-6-1-3-9-21(17)32)19-8-5-11-23(34)25(19)36-26/h1-14,36H,(H,37,38). The summed E-state index contributed by atoms with van der Waals surface area (Å²) in [5.41, 5.74) is 4.25. The summed E-state index contributed by atoms with van der Waals surface area (Å²) in [7, 11) is 0. The number of carbonyl (C=O) groups is 2. The molecule has 200 valence electrons. The summed E-state index contributed by atoms with van der Waals surface area (Å²) in [6.45, 7) is 0. The predicted octanol–water partition coefficient (Wildman–Crippen LogP) is 8.79.